The predicted octanol–water partition coefficient (Wildman–Crippen LogP) is 14.2. The highest BCUT2D eigenvalue weighted by molar-refractivity contribution is 6.15. The number of hydrogen-bond donors (Lipinski definition) is 0. The van der Waals surface area contributed by atoms with Crippen LogP contribution in [0.25, 0.3) is 116 Å². The van der Waals surface area contributed by atoms with Crippen LogP contribution in [0.3, 0.4) is 0 Å². The summed E-state index contributed by atoms with van der Waals surface area (Å²) in [7, 11) is 0. The van der Waals surface area contributed by atoms with Gasteiger partial charge < -0.3 is 0 Å². The first-order chi connectivity index (χ1) is 29.2. The third-order valence-electron chi connectivity index (χ3n) is 11.8. The van der Waals surface area contributed by atoms with Crippen LogP contribution in [0.4, 0.5) is 0 Å². The second kappa shape index (κ2) is 13.3. The summed E-state index contributed by atoms with van der Waals surface area (Å²) in [6.45, 7) is 0. The lowest BCUT2D eigenvalue weighted by atomic mass is 9.93. The van der Waals surface area contributed by atoms with Crippen molar-refractivity contribution in [3.05, 3.63) is 206 Å². The molecular formula is C55H34N4. The van der Waals surface area contributed by atoms with Crippen molar-refractivity contribution in [3.8, 4) is 51.0 Å². The van der Waals surface area contributed by atoms with E-state index in [1.54, 1.807) is 0 Å². The standard InChI is InChI=1S/C55H34N4/c1-2-14-37-31-40(26-25-35(37)13-1)55-58-50-23-11-12-24-53(50)59(55)41-29-27-36(28-30-41)54-56-51(48-32-38-15-3-5-17-42(38)44-19-7-9-21-46(44)48)34-52(57-54)49-33-39-16-4-6-18-43(39)45-20-8-10-22-47(45)49/h1-34H. The minimum atomic E-state index is 0.670. The summed E-state index contributed by atoms with van der Waals surface area (Å²) >= 11 is 0. The molecule has 10 aromatic carbocycles. The molecule has 0 fully saturated rings. The zero-order valence-corrected chi connectivity index (χ0v) is 31.9. The van der Waals surface area contributed by atoms with E-state index >= 15 is 0 Å². The number of aromatic nitrogens is 4. The number of imidazole rings is 1. The smallest absolute Gasteiger partial charge is 0.160 e. The van der Waals surface area contributed by atoms with E-state index in [1.807, 2.05) is 6.07 Å². The van der Waals surface area contributed by atoms with Crippen molar-refractivity contribution in [1.82, 2.24) is 19.5 Å². The van der Waals surface area contributed by atoms with E-state index in [9.17, 15) is 0 Å². The zero-order valence-electron chi connectivity index (χ0n) is 31.9. The van der Waals surface area contributed by atoms with Crippen molar-refractivity contribution in [1.29, 1.82) is 0 Å². The Morgan fingerprint density at radius 2 is 0.814 bits per heavy atom. The van der Waals surface area contributed by atoms with Crippen molar-refractivity contribution < 1.29 is 0 Å². The highest BCUT2D eigenvalue weighted by Crippen LogP contribution is 2.40. The van der Waals surface area contributed by atoms with Crippen LogP contribution < -0.4 is 0 Å². The van der Waals surface area contributed by atoms with Crippen LogP contribution in [-0.4, -0.2) is 19.5 Å². The Hall–Kier alpha value is -7.95. The third-order valence-corrected chi connectivity index (χ3v) is 11.8. The van der Waals surface area contributed by atoms with Gasteiger partial charge >= 0.3 is 0 Å². The van der Waals surface area contributed by atoms with E-state index < -0.39 is 0 Å². The van der Waals surface area contributed by atoms with Crippen molar-refractivity contribution in [2.75, 3.05) is 0 Å². The molecular weight excluding hydrogens is 717 g/mol. The lowest BCUT2D eigenvalue weighted by molar-refractivity contribution is 1.10. The Labute approximate surface area is 340 Å². The minimum Gasteiger partial charge on any atom is -0.292 e. The average molecular weight is 751 g/mol. The van der Waals surface area contributed by atoms with Crippen LogP contribution in [-0.2, 0) is 0 Å². The Balaban J connectivity index is 1.07. The van der Waals surface area contributed by atoms with Crippen LogP contribution >= 0.6 is 0 Å². The van der Waals surface area contributed by atoms with Gasteiger partial charge in [-0.3, -0.25) is 4.57 Å². The number of rotatable bonds is 5. The van der Waals surface area contributed by atoms with Gasteiger partial charge in [0.1, 0.15) is 5.82 Å². The van der Waals surface area contributed by atoms with E-state index in [-0.39, 0.29) is 0 Å². The molecule has 0 aliphatic rings. The molecule has 0 unspecified atom stereocenters. The first kappa shape index (κ1) is 33.2. The molecule has 4 nitrogen and oxygen atoms in total. The maximum absolute atomic E-state index is 5.40. The Kier molecular flexibility index (Phi) is 7.50. The molecule has 2 aromatic heterocycles. The normalized spacial score (nSPS) is 11.7. The maximum atomic E-state index is 5.40. The number of nitrogens with zero attached hydrogens (tertiary/aromatic N) is 4. The molecule has 4 heteroatoms. The van der Waals surface area contributed by atoms with Crippen molar-refractivity contribution >= 4 is 64.9 Å². The van der Waals surface area contributed by atoms with Crippen molar-refractivity contribution in [2.45, 2.75) is 0 Å². The molecule has 0 aliphatic carbocycles. The molecule has 0 N–H and O–H groups in total. The van der Waals surface area contributed by atoms with Gasteiger partial charge in [-0.25, -0.2) is 15.0 Å². The Morgan fingerprint density at radius 3 is 1.44 bits per heavy atom. The number of fused-ring (bicyclic) bond motifs is 8. The summed E-state index contributed by atoms with van der Waals surface area (Å²) in [4.78, 5) is 16.0. The highest BCUT2D eigenvalue weighted by atomic mass is 15.1. The van der Waals surface area contributed by atoms with Crippen LogP contribution in [0.5, 0.6) is 0 Å². The largest absolute Gasteiger partial charge is 0.292 e. The van der Waals surface area contributed by atoms with Gasteiger partial charge in [-0.2, -0.15) is 0 Å². The summed E-state index contributed by atoms with van der Waals surface area (Å²) in [5.41, 5.74) is 8.94. The van der Waals surface area contributed by atoms with Crippen LogP contribution in [0, 0.1) is 0 Å². The van der Waals surface area contributed by atoms with Crippen LogP contribution in [0.1, 0.15) is 0 Å². The van der Waals surface area contributed by atoms with Gasteiger partial charge in [0.15, 0.2) is 5.82 Å². The molecule has 0 spiro atoms. The first-order valence-corrected chi connectivity index (χ1v) is 20.0. The number of hydrogen-bond acceptors (Lipinski definition) is 3. The van der Waals surface area contributed by atoms with Crippen LogP contribution in [0.15, 0.2) is 206 Å². The summed E-state index contributed by atoms with van der Waals surface area (Å²) in [6.07, 6.45) is 0. The molecule has 0 atom stereocenters. The molecule has 274 valence electrons. The summed E-state index contributed by atoms with van der Waals surface area (Å²) < 4.78 is 2.26. The molecule has 2 heterocycles. The molecule has 0 radical (unpaired) electrons. The van der Waals surface area contributed by atoms with Gasteiger partial charge in [0, 0.05) is 27.9 Å². The van der Waals surface area contributed by atoms with Gasteiger partial charge in [0.05, 0.1) is 22.4 Å². The molecule has 0 saturated carbocycles. The quantitative estimate of drug-likeness (QED) is 0.165. The molecule has 0 saturated heterocycles. The summed E-state index contributed by atoms with van der Waals surface area (Å²) in [5, 5.41) is 11.9. The van der Waals surface area contributed by atoms with E-state index in [0.717, 1.165) is 67.0 Å². The fourth-order valence-corrected chi connectivity index (χ4v) is 8.95. The van der Waals surface area contributed by atoms with Gasteiger partial charge in [0.25, 0.3) is 0 Å². The second-order valence-corrected chi connectivity index (χ2v) is 15.2. The maximum Gasteiger partial charge on any atom is 0.160 e. The zero-order chi connectivity index (χ0) is 38.9. The minimum absolute atomic E-state index is 0.670. The Bertz CT molecular complexity index is 3480. The molecule has 0 aliphatic heterocycles. The second-order valence-electron chi connectivity index (χ2n) is 15.2. The van der Waals surface area contributed by atoms with E-state index in [2.05, 4.69) is 205 Å². The van der Waals surface area contributed by atoms with Crippen molar-refractivity contribution in [2.24, 2.45) is 0 Å². The molecule has 0 bridgehead atoms. The van der Waals surface area contributed by atoms with Gasteiger partial charge in [-0.1, -0.05) is 146 Å². The van der Waals surface area contributed by atoms with Gasteiger partial charge in [-0.05, 0) is 115 Å². The van der Waals surface area contributed by atoms with Crippen LogP contribution in [0.2, 0.25) is 0 Å². The molecule has 59 heavy (non-hydrogen) atoms. The lowest BCUT2D eigenvalue weighted by Gasteiger charge is -2.15. The number of para-hydroxylation sites is 2. The Morgan fingerprint density at radius 1 is 0.322 bits per heavy atom. The topological polar surface area (TPSA) is 43.6 Å². The van der Waals surface area contributed by atoms with Gasteiger partial charge in [-0.15, -0.1) is 0 Å². The summed E-state index contributed by atoms with van der Waals surface area (Å²) in [5.74, 6) is 1.57. The molecule has 12 aromatic rings. The molecule has 12 rings (SSSR count). The highest BCUT2D eigenvalue weighted by Gasteiger charge is 2.19. The van der Waals surface area contributed by atoms with E-state index in [4.69, 9.17) is 15.0 Å². The van der Waals surface area contributed by atoms with E-state index in [1.165, 1.54) is 43.1 Å². The third kappa shape index (κ3) is 5.49. The SMILES string of the molecule is c1ccc2cc(-c3nc4ccccc4n3-c3ccc(-c4nc(-c5cc6ccccc6c6ccccc56)cc(-c5cc6ccccc6c6ccccc56)n4)cc3)ccc2c1. The van der Waals surface area contributed by atoms with Gasteiger partial charge in [0.2, 0.25) is 0 Å². The van der Waals surface area contributed by atoms with Crippen molar-refractivity contribution in [3.63, 3.8) is 0 Å². The fraction of sp³-hybridized carbons (Fsp3) is 0. The monoisotopic (exact) mass is 750 g/mol. The predicted molar refractivity (Wildman–Crippen MR) is 246 cm³/mol. The average Bonchev–Trinajstić information content (AvgIpc) is 3.70. The first-order valence-electron chi connectivity index (χ1n) is 20.0. The van der Waals surface area contributed by atoms with E-state index in [0.29, 0.717) is 5.82 Å². The fourth-order valence-electron chi connectivity index (χ4n) is 8.95. The molecule has 0 amide bonds. The lowest BCUT2D eigenvalue weighted by Crippen LogP contribution is -1.99. The number of benzene rings is 10. The summed E-state index contributed by atoms with van der Waals surface area (Å²) in [6, 6.07) is 73.3.